The normalized spacial score (nSPS) is 9.07. The summed E-state index contributed by atoms with van der Waals surface area (Å²) in [7, 11) is 0. The number of carbonyl (C=O) groups is 3. The molecule has 0 fully saturated rings. The van der Waals surface area contributed by atoms with E-state index in [2.05, 4.69) is 11.3 Å². The Bertz CT molecular complexity index is 258. The maximum absolute atomic E-state index is 11.1. The van der Waals surface area contributed by atoms with Crippen LogP contribution < -0.4 is 0 Å². The highest BCUT2D eigenvalue weighted by atomic mass is 16.6. The van der Waals surface area contributed by atoms with Crippen LogP contribution in [-0.2, 0) is 14.3 Å². The van der Waals surface area contributed by atoms with E-state index in [4.69, 9.17) is 10.2 Å². The first kappa shape index (κ1) is 12.9. The molecular weight excluding hydrogens is 206 g/mol. The minimum Gasteiger partial charge on any atom is -0.480 e. The summed E-state index contributed by atoms with van der Waals surface area (Å²) in [5.74, 6) is -2.63. The molecule has 0 saturated carbocycles. The molecular formula is C8H11NO6. The van der Waals surface area contributed by atoms with Gasteiger partial charge in [0.1, 0.15) is 19.7 Å². The smallest absolute Gasteiger partial charge is 0.411 e. The lowest BCUT2D eigenvalue weighted by Crippen LogP contribution is -2.39. The second kappa shape index (κ2) is 6.41. The molecule has 0 rings (SSSR count). The first-order chi connectivity index (χ1) is 6.97. The van der Waals surface area contributed by atoms with Gasteiger partial charge in [-0.25, -0.2) is 4.79 Å². The Morgan fingerprint density at radius 3 is 2.00 bits per heavy atom. The van der Waals surface area contributed by atoms with Gasteiger partial charge in [-0.1, -0.05) is 12.7 Å². The van der Waals surface area contributed by atoms with Gasteiger partial charge < -0.3 is 14.9 Å². The first-order valence-corrected chi connectivity index (χ1v) is 3.93. The molecule has 0 saturated heterocycles. The predicted octanol–water partition coefficient (Wildman–Crippen LogP) is -0.220. The van der Waals surface area contributed by atoms with Crippen molar-refractivity contribution in [3.05, 3.63) is 12.7 Å². The van der Waals surface area contributed by atoms with Crippen LogP contribution in [-0.4, -0.2) is 52.8 Å². The van der Waals surface area contributed by atoms with Gasteiger partial charge in [-0.15, -0.1) is 0 Å². The molecule has 0 spiro atoms. The molecule has 2 N–H and O–H groups in total. The molecule has 15 heavy (non-hydrogen) atoms. The summed E-state index contributed by atoms with van der Waals surface area (Å²) in [5.41, 5.74) is 0. The van der Waals surface area contributed by atoms with Crippen LogP contribution in [0.3, 0.4) is 0 Å². The molecule has 84 valence electrons. The zero-order valence-electron chi connectivity index (χ0n) is 7.88. The van der Waals surface area contributed by atoms with E-state index in [1.807, 2.05) is 0 Å². The van der Waals surface area contributed by atoms with Crippen LogP contribution in [0.4, 0.5) is 4.79 Å². The molecule has 0 aliphatic heterocycles. The molecule has 0 aliphatic carbocycles. The van der Waals surface area contributed by atoms with Crippen LogP contribution in [0.25, 0.3) is 0 Å². The topological polar surface area (TPSA) is 104 Å². The summed E-state index contributed by atoms with van der Waals surface area (Å²) >= 11 is 0. The minimum absolute atomic E-state index is 0.103. The van der Waals surface area contributed by atoms with Gasteiger partial charge in [0.2, 0.25) is 0 Å². The summed E-state index contributed by atoms with van der Waals surface area (Å²) in [6.07, 6.45) is 0.289. The fraction of sp³-hybridized carbons (Fsp3) is 0.375. The quantitative estimate of drug-likeness (QED) is 0.596. The average Bonchev–Trinajstić information content (AvgIpc) is 2.11. The summed E-state index contributed by atoms with van der Waals surface area (Å²) in [6, 6.07) is 0. The fourth-order valence-electron chi connectivity index (χ4n) is 0.733. The molecule has 7 nitrogen and oxygen atoms in total. The van der Waals surface area contributed by atoms with Gasteiger partial charge in [0.05, 0.1) is 0 Å². The Morgan fingerprint density at radius 2 is 1.67 bits per heavy atom. The Hall–Kier alpha value is -2.05. The number of ether oxygens (including phenoxy) is 1. The highest BCUT2D eigenvalue weighted by Crippen LogP contribution is 1.94. The zero-order chi connectivity index (χ0) is 11.8. The SMILES string of the molecule is C=CCOC(=O)N(CC(=O)O)CC(=O)O. The highest BCUT2D eigenvalue weighted by Gasteiger charge is 2.20. The van der Waals surface area contributed by atoms with E-state index in [1.54, 1.807) is 0 Å². The van der Waals surface area contributed by atoms with Crippen LogP contribution in [0, 0.1) is 0 Å². The minimum atomic E-state index is -1.31. The lowest BCUT2D eigenvalue weighted by molar-refractivity contribution is -0.141. The van der Waals surface area contributed by atoms with Crippen molar-refractivity contribution in [3.8, 4) is 0 Å². The summed E-state index contributed by atoms with van der Waals surface area (Å²) in [6.45, 7) is 1.74. The summed E-state index contributed by atoms with van der Waals surface area (Å²) < 4.78 is 4.50. The third-order valence-electron chi connectivity index (χ3n) is 1.24. The van der Waals surface area contributed by atoms with Crippen molar-refractivity contribution < 1.29 is 29.3 Å². The number of rotatable bonds is 6. The number of amides is 1. The molecule has 0 radical (unpaired) electrons. The summed E-state index contributed by atoms with van der Waals surface area (Å²) in [4.78, 5) is 32.3. The van der Waals surface area contributed by atoms with E-state index in [0.29, 0.717) is 4.90 Å². The maximum atomic E-state index is 11.1. The largest absolute Gasteiger partial charge is 0.480 e. The highest BCUT2D eigenvalue weighted by molar-refractivity contribution is 5.81. The molecule has 0 aromatic heterocycles. The average molecular weight is 217 g/mol. The van der Waals surface area contributed by atoms with Gasteiger partial charge in [0, 0.05) is 0 Å². The molecule has 0 bridgehead atoms. The Morgan fingerprint density at radius 1 is 1.20 bits per heavy atom. The van der Waals surface area contributed by atoms with Crippen molar-refractivity contribution in [2.24, 2.45) is 0 Å². The number of carboxylic acid groups (broad SMARTS) is 2. The predicted molar refractivity (Wildman–Crippen MR) is 48.4 cm³/mol. The second-order valence-corrected chi connectivity index (χ2v) is 2.51. The molecule has 1 amide bonds. The Balaban J connectivity index is 4.32. The first-order valence-electron chi connectivity index (χ1n) is 3.93. The van der Waals surface area contributed by atoms with Gasteiger partial charge in [-0.2, -0.15) is 0 Å². The van der Waals surface area contributed by atoms with E-state index in [1.165, 1.54) is 6.08 Å². The van der Waals surface area contributed by atoms with Gasteiger partial charge in [-0.3, -0.25) is 14.5 Å². The molecule has 0 aromatic carbocycles. The third kappa shape index (κ3) is 6.08. The lowest BCUT2D eigenvalue weighted by atomic mass is 10.5. The molecule has 0 heterocycles. The summed E-state index contributed by atoms with van der Waals surface area (Å²) in [5, 5.41) is 16.8. The molecule has 0 atom stereocenters. The molecule has 0 aliphatic rings. The van der Waals surface area contributed by atoms with Gasteiger partial charge in [-0.05, 0) is 0 Å². The molecule has 7 heteroatoms. The van der Waals surface area contributed by atoms with Crippen LogP contribution in [0.5, 0.6) is 0 Å². The lowest BCUT2D eigenvalue weighted by Gasteiger charge is -2.17. The Labute approximate surface area is 85.6 Å². The van der Waals surface area contributed by atoms with Crippen LogP contribution >= 0.6 is 0 Å². The number of hydrogen-bond donors (Lipinski definition) is 2. The van der Waals surface area contributed by atoms with Crippen molar-refractivity contribution in [1.82, 2.24) is 4.90 Å². The van der Waals surface area contributed by atoms with Crippen molar-refractivity contribution in [2.45, 2.75) is 0 Å². The van der Waals surface area contributed by atoms with E-state index in [9.17, 15) is 14.4 Å². The maximum Gasteiger partial charge on any atom is 0.411 e. The zero-order valence-corrected chi connectivity index (χ0v) is 7.88. The molecule has 0 aromatic rings. The number of carbonyl (C=O) groups excluding carboxylic acids is 1. The van der Waals surface area contributed by atoms with Gasteiger partial charge >= 0.3 is 18.0 Å². The van der Waals surface area contributed by atoms with E-state index in [-0.39, 0.29) is 6.61 Å². The van der Waals surface area contributed by atoms with Crippen molar-refractivity contribution in [3.63, 3.8) is 0 Å². The molecule has 0 unspecified atom stereocenters. The van der Waals surface area contributed by atoms with Gasteiger partial charge in [0.25, 0.3) is 0 Å². The second-order valence-electron chi connectivity index (χ2n) is 2.51. The van der Waals surface area contributed by atoms with Crippen molar-refractivity contribution in [2.75, 3.05) is 19.7 Å². The van der Waals surface area contributed by atoms with Crippen LogP contribution in [0.1, 0.15) is 0 Å². The Kier molecular flexibility index (Phi) is 5.53. The van der Waals surface area contributed by atoms with Crippen LogP contribution in [0.2, 0.25) is 0 Å². The van der Waals surface area contributed by atoms with Gasteiger partial charge in [0.15, 0.2) is 0 Å². The standard InChI is InChI=1S/C8H11NO6/c1-2-3-15-8(14)9(4-6(10)11)5-7(12)13/h2H,1,3-5H2,(H,10,11)(H,12,13). The van der Waals surface area contributed by atoms with E-state index >= 15 is 0 Å². The number of aliphatic carboxylic acids is 2. The number of carboxylic acids is 2. The van der Waals surface area contributed by atoms with Crippen molar-refractivity contribution in [1.29, 1.82) is 0 Å². The number of nitrogens with zero attached hydrogens (tertiary/aromatic N) is 1. The third-order valence-corrected chi connectivity index (χ3v) is 1.24. The van der Waals surface area contributed by atoms with E-state index < -0.39 is 31.1 Å². The van der Waals surface area contributed by atoms with Crippen molar-refractivity contribution >= 4 is 18.0 Å². The monoisotopic (exact) mass is 217 g/mol. The fourth-order valence-corrected chi connectivity index (χ4v) is 0.733. The number of hydrogen-bond acceptors (Lipinski definition) is 4. The van der Waals surface area contributed by atoms with E-state index in [0.717, 1.165) is 0 Å². The van der Waals surface area contributed by atoms with Crippen LogP contribution in [0.15, 0.2) is 12.7 Å².